The van der Waals surface area contributed by atoms with E-state index in [1.165, 1.54) is 5.56 Å². The SMILES string of the molecule is Cc1c(Cl)ccc2sc(NCc3ccccc3)nc12. The van der Waals surface area contributed by atoms with Crippen LogP contribution in [0.3, 0.4) is 0 Å². The van der Waals surface area contributed by atoms with E-state index in [0.717, 1.165) is 32.5 Å². The molecule has 3 rings (SSSR count). The molecular weight excluding hydrogens is 276 g/mol. The Kier molecular flexibility index (Phi) is 3.40. The fourth-order valence-electron chi connectivity index (χ4n) is 1.95. The Hall–Kier alpha value is -1.58. The van der Waals surface area contributed by atoms with Gasteiger partial charge < -0.3 is 5.32 Å². The van der Waals surface area contributed by atoms with E-state index in [-0.39, 0.29) is 0 Å². The molecule has 0 radical (unpaired) electrons. The van der Waals surface area contributed by atoms with Gasteiger partial charge in [0.15, 0.2) is 5.13 Å². The summed E-state index contributed by atoms with van der Waals surface area (Å²) in [4.78, 5) is 4.61. The van der Waals surface area contributed by atoms with Crippen LogP contribution in [0.25, 0.3) is 10.2 Å². The van der Waals surface area contributed by atoms with Gasteiger partial charge in [0.2, 0.25) is 0 Å². The van der Waals surface area contributed by atoms with Crippen LogP contribution in [-0.2, 0) is 6.54 Å². The van der Waals surface area contributed by atoms with Crippen LogP contribution in [0.4, 0.5) is 5.13 Å². The first-order valence-electron chi connectivity index (χ1n) is 6.07. The lowest BCUT2D eigenvalue weighted by atomic mass is 10.2. The highest BCUT2D eigenvalue weighted by atomic mass is 35.5. The minimum absolute atomic E-state index is 0.771. The molecule has 0 fully saturated rings. The summed E-state index contributed by atoms with van der Waals surface area (Å²) < 4.78 is 1.16. The first-order valence-corrected chi connectivity index (χ1v) is 7.27. The number of aryl methyl sites for hydroxylation is 1. The third kappa shape index (κ3) is 2.57. The molecule has 0 atom stereocenters. The molecule has 1 aromatic heterocycles. The average Bonchev–Trinajstić information content (AvgIpc) is 2.86. The Morgan fingerprint density at radius 1 is 1.16 bits per heavy atom. The molecule has 96 valence electrons. The summed E-state index contributed by atoms with van der Waals surface area (Å²) in [6.45, 7) is 2.79. The predicted octanol–water partition coefficient (Wildman–Crippen LogP) is 4.87. The third-order valence-electron chi connectivity index (χ3n) is 3.03. The van der Waals surface area contributed by atoms with Crippen LogP contribution in [0.5, 0.6) is 0 Å². The van der Waals surface area contributed by atoms with Gasteiger partial charge in [0.1, 0.15) is 0 Å². The number of rotatable bonds is 3. The Morgan fingerprint density at radius 3 is 2.74 bits per heavy atom. The monoisotopic (exact) mass is 288 g/mol. The molecule has 0 unspecified atom stereocenters. The van der Waals surface area contributed by atoms with Gasteiger partial charge in [-0.15, -0.1) is 0 Å². The van der Waals surface area contributed by atoms with Crippen LogP contribution >= 0.6 is 22.9 Å². The Balaban J connectivity index is 1.84. The second-order valence-corrected chi connectivity index (χ2v) is 5.82. The van der Waals surface area contributed by atoms with Gasteiger partial charge >= 0.3 is 0 Å². The minimum Gasteiger partial charge on any atom is -0.357 e. The topological polar surface area (TPSA) is 24.9 Å². The van der Waals surface area contributed by atoms with E-state index in [2.05, 4.69) is 22.4 Å². The average molecular weight is 289 g/mol. The van der Waals surface area contributed by atoms with Crippen LogP contribution < -0.4 is 5.32 Å². The van der Waals surface area contributed by atoms with Gasteiger partial charge in [0.05, 0.1) is 10.2 Å². The van der Waals surface area contributed by atoms with Crippen molar-refractivity contribution >= 4 is 38.3 Å². The van der Waals surface area contributed by atoms with E-state index in [9.17, 15) is 0 Å². The number of nitrogens with zero attached hydrogens (tertiary/aromatic N) is 1. The maximum Gasteiger partial charge on any atom is 0.184 e. The molecule has 2 aromatic carbocycles. The molecular formula is C15H13ClN2S. The summed E-state index contributed by atoms with van der Waals surface area (Å²) in [5.74, 6) is 0. The van der Waals surface area contributed by atoms with Crippen molar-refractivity contribution in [2.24, 2.45) is 0 Å². The predicted molar refractivity (Wildman–Crippen MR) is 83.1 cm³/mol. The van der Waals surface area contributed by atoms with E-state index in [4.69, 9.17) is 11.6 Å². The van der Waals surface area contributed by atoms with Crippen LogP contribution in [0.1, 0.15) is 11.1 Å². The Labute approximate surface area is 121 Å². The zero-order valence-electron chi connectivity index (χ0n) is 10.5. The molecule has 0 bridgehead atoms. The number of anilines is 1. The molecule has 4 heteroatoms. The number of benzene rings is 2. The number of fused-ring (bicyclic) bond motifs is 1. The molecule has 0 aliphatic rings. The molecule has 3 aromatic rings. The number of aromatic nitrogens is 1. The number of hydrogen-bond donors (Lipinski definition) is 1. The molecule has 1 N–H and O–H groups in total. The van der Waals surface area contributed by atoms with Crippen molar-refractivity contribution in [3.8, 4) is 0 Å². The summed E-state index contributed by atoms with van der Waals surface area (Å²) in [7, 11) is 0. The number of thiazole rings is 1. The normalized spacial score (nSPS) is 10.8. The van der Waals surface area contributed by atoms with E-state index in [1.54, 1.807) is 11.3 Å². The molecule has 0 spiro atoms. The smallest absolute Gasteiger partial charge is 0.184 e. The summed E-state index contributed by atoms with van der Waals surface area (Å²) in [5, 5.41) is 5.07. The van der Waals surface area contributed by atoms with Crippen molar-refractivity contribution in [1.29, 1.82) is 0 Å². The van der Waals surface area contributed by atoms with E-state index in [0.29, 0.717) is 0 Å². The zero-order valence-corrected chi connectivity index (χ0v) is 12.1. The lowest BCUT2D eigenvalue weighted by Gasteiger charge is -2.01. The van der Waals surface area contributed by atoms with Crippen molar-refractivity contribution in [1.82, 2.24) is 4.98 Å². The highest BCUT2D eigenvalue weighted by molar-refractivity contribution is 7.22. The van der Waals surface area contributed by atoms with Crippen molar-refractivity contribution in [2.75, 3.05) is 5.32 Å². The molecule has 2 nitrogen and oxygen atoms in total. The van der Waals surface area contributed by atoms with Crippen LogP contribution in [0.15, 0.2) is 42.5 Å². The van der Waals surface area contributed by atoms with Gasteiger partial charge in [-0.25, -0.2) is 4.98 Å². The quantitative estimate of drug-likeness (QED) is 0.744. The van der Waals surface area contributed by atoms with E-state index < -0.39 is 0 Å². The van der Waals surface area contributed by atoms with Crippen molar-refractivity contribution < 1.29 is 0 Å². The summed E-state index contributed by atoms with van der Waals surface area (Å²) >= 11 is 7.77. The van der Waals surface area contributed by atoms with Gasteiger partial charge in [-0.3, -0.25) is 0 Å². The van der Waals surface area contributed by atoms with Crippen LogP contribution in [0, 0.1) is 6.92 Å². The summed E-state index contributed by atoms with van der Waals surface area (Å²) in [6.07, 6.45) is 0. The second kappa shape index (κ2) is 5.19. The number of halogens is 1. The number of nitrogens with one attached hydrogen (secondary N) is 1. The minimum atomic E-state index is 0.771. The molecule has 0 saturated heterocycles. The van der Waals surface area contributed by atoms with Gasteiger partial charge in [-0.2, -0.15) is 0 Å². The van der Waals surface area contributed by atoms with Crippen molar-refractivity contribution in [2.45, 2.75) is 13.5 Å². The molecule has 1 heterocycles. The largest absolute Gasteiger partial charge is 0.357 e. The maximum absolute atomic E-state index is 6.11. The molecule has 19 heavy (non-hydrogen) atoms. The zero-order chi connectivity index (χ0) is 13.2. The van der Waals surface area contributed by atoms with Gasteiger partial charge in [-0.1, -0.05) is 53.3 Å². The Morgan fingerprint density at radius 2 is 1.95 bits per heavy atom. The second-order valence-electron chi connectivity index (χ2n) is 4.38. The molecule has 0 saturated carbocycles. The lowest BCUT2D eigenvalue weighted by molar-refractivity contribution is 1.14. The first kappa shape index (κ1) is 12.5. The first-order chi connectivity index (χ1) is 9.24. The van der Waals surface area contributed by atoms with E-state index >= 15 is 0 Å². The molecule has 0 aliphatic carbocycles. The standard InChI is InChI=1S/C15H13ClN2S/c1-10-12(16)7-8-13-14(10)18-15(19-13)17-9-11-5-3-2-4-6-11/h2-8H,9H2,1H3,(H,17,18). The van der Waals surface area contributed by atoms with Crippen LogP contribution in [0.2, 0.25) is 5.02 Å². The highest BCUT2D eigenvalue weighted by Crippen LogP contribution is 2.31. The molecule has 0 aliphatic heterocycles. The van der Waals surface area contributed by atoms with Gasteiger partial charge in [0.25, 0.3) is 0 Å². The summed E-state index contributed by atoms with van der Waals surface area (Å²) in [5.41, 5.74) is 3.28. The van der Waals surface area contributed by atoms with Crippen molar-refractivity contribution in [3.63, 3.8) is 0 Å². The van der Waals surface area contributed by atoms with E-state index in [1.807, 2.05) is 37.3 Å². The highest BCUT2D eigenvalue weighted by Gasteiger charge is 2.08. The summed E-state index contributed by atoms with van der Waals surface area (Å²) in [6, 6.07) is 14.3. The van der Waals surface area contributed by atoms with Gasteiger partial charge in [0, 0.05) is 11.6 Å². The van der Waals surface area contributed by atoms with Crippen LogP contribution in [-0.4, -0.2) is 4.98 Å². The third-order valence-corrected chi connectivity index (χ3v) is 4.42. The molecule has 0 amide bonds. The van der Waals surface area contributed by atoms with Crippen molar-refractivity contribution in [3.05, 3.63) is 58.6 Å². The fourth-order valence-corrected chi connectivity index (χ4v) is 3.02. The van der Waals surface area contributed by atoms with Gasteiger partial charge in [-0.05, 0) is 30.2 Å². The Bertz CT molecular complexity index is 707. The maximum atomic E-state index is 6.11. The lowest BCUT2D eigenvalue weighted by Crippen LogP contribution is -1.98. The fraction of sp³-hybridized carbons (Fsp3) is 0.133. The number of hydrogen-bond acceptors (Lipinski definition) is 3.